The number of benzene rings is 1. The average Bonchev–Trinajstić information content (AvgIpc) is 2.64. The number of aliphatic hydroxyl groups excluding tert-OH is 1. The molecule has 0 saturated carbocycles. The first-order valence-electron chi connectivity index (χ1n) is 5.41. The van der Waals surface area contributed by atoms with Crippen LogP contribution in [0.15, 0.2) is 24.3 Å². The number of nitrogens with zero attached hydrogens (tertiary/aromatic N) is 2. The second kappa shape index (κ2) is 4.45. The molecule has 0 aliphatic heterocycles. The number of aliphatic hydroxyl groups is 1. The molecule has 0 saturated heterocycles. The summed E-state index contributed by atoms with van der Waals surface area (Å²) in [6, 6.07) is 8.02. The minimum Gasteiger partial charge on any atom is -0.388 e. The molecule has 1 aromatic heterocycles. The number of aryl methyl sites for hydroxylation is 1. The van der Waals surface area contributed by atoms with Gasteiger partial charge in [-0.3, -0.25) is 0 Å². The van der Waals surface area contributed by atoms with Crippen molar-refractivity contribution in [2.75, 3.05) is 0 Å². The molecular weight excluding hydrogens is 188 g/mol. The molecule has 0 unspecified atom stereocenters. The smallest absolute Gasteiger partial charge is 0.135 e. The van der Waals surface area contributed by atoms with E-state index in [1.165, 1.54) is 0 Å². The summed E-state index contributed by atoms with van der Waals surface area (Å²) in [7, 11) is 0. The maximum absolute atomic E-state index is 9.24. The molecule has 1 heterocycles. The second-order valence-corrected chi connectivity index (χ2v) is 3.68. The van der Waals surface area contributed by atoms with Crippen LogP contribution in [-0.4, -0.2) is 14.7 Å². The zero-order valence-corrected chi connectivity index (χ0v) is 8.98. The Balaban J connectivity index is 2.47. The van der Waals surface area contributed by atoms with Crippen LogP contribution in [0.5, 0.6) is 0 Å². The Morgan fingerprint density at radius 3 is 2.87 bits per heavy atom. The molecule has 0 fully saturated rings. The van der Waals surface area contributed by atoms with Crippen LogP contribution in [0, 0.1) is 0 Å². The van der Waals surface area contributed by atoms with Gasteiger partial charge in [-0.15, -0.1) is 0 Å². The number of unbranched alkanes of at least 4 members (excludes halogenated alkanes) is 1. The van der Waals surface area contributed by atoms with Crippen LogP contribution < -0.4 is 0 Å². The van der Waals surface area contributed by atoms with E-state index in [0.29, 0.717) is 0 Å². The summed E-state index contributed by atoms with van der Waals surface area (Å²) in [5, 5.41) is 9.24. The molecule has 1 N–H and O–H groups in total. The van der Waals surface area contributed by atoms with Crippen molar-refractivity contribution in [3.8, 4) is 0 Å². The third-order valence-corrected chi connectivity index (χ3v) is 2.61. The van der Waals surface area contributed by atoms with E-state index in [1.54, 1.807) is 0 Å². The second-order valence-electron chi connectivity index (χ2n) is 3.68. The van der Waals surface area contributed by atoms with E-state index in [0.717, 1.165) is 36.2 Å². The minimum absolute atomic E-state index is 0.0123. The molecule has 80 valence electrons. The fourth-order valence-corrected chi connectivity index (χ4v) is 1.81. The molecule has 0 amide bonds. The quantitative estimate of drug-likeness (QED) is 0.830. The van der Waals surface area contributed by atoms with Crippen molar-refractivity contribution < 1.29 is 5.11 Å². The van der Waals surface area contributed by atoms with Gasteiger partial charge in [-0.25, -0.2) is 4.98 Å². The van der Waals surface area contributed by atoms with E-state index >= 15 is 0 Å². The first kappa shape index (κ1) is 10.2. The van der Waals surface area contributed by atoms with E-state index < -0.39 is 0 Å². The lowest BCUT2D eigenvalue weighted by atomic mass is 10.3. The zero-order chi connectivity index (χ0) is 10.7. The number of hydrogen-bond acceptors (Lipinski definition) is 2. The lowest BCUT2D eigenvalue weighted by molar-refractivity contribution is 0.265. The van der Waals surface area contributed by atoms with Crippen molar-refractivity contribution in [3.05, 3.63) is 30.1 Å². The SMILES string of the molecule is CCCCn1c(CO)nc2ccccc21. The van der Waals surface area contributed by atoms with E-state index in [9.17, 15) is 5.11 Å². The highest BCUT2D eigenvalue weighted by Crippen LogP contribution is 2.16. The summed E-state index contributed by atoms with van der Waals surface area (Å²) >= 11 is 0. The van der Waals surface area contributed by atoms with Crippen molar-refractivity contribution in [3.63, 3.8) is 0 Å². The van der Waals surface area contributed by atoms with Crippen molar-refractivity contribution in [2.45, 2.75) is 32.9 Å². The number of rotatable bonds is 4. The highest BCUT2D eigenvalue weighted by molar-refractivity contribution is 5.75. The number of imidazole rings is 1. The molecular formula is C12H16N2O. The predicted molar refractivity (Wildman–Crippen MR) is 60.6 cm³/mol. The summed E-state index contributed by atoms with van der Waals surface area (Å²) < 4.78 is 2.11. The van der Waals surface area contributed by atoms with Gasteiger partial charge in [0.2, 0.25) is 0 Å². The van der Waals surface area contributed by atoms with Gasteiger partial charge in [-0.2, -0.15) is 0 Å². The van der Waals surface area contributed by atoms with E-state index in [4.69, 9.17) is 0 Å². The van der Waals surface area contributed by atoms with Crippen LogP contribution in [0.3, 0.4) is 0 Å². The number of hydrogen-bond donors (Lipinski definition) is 1. The molecule has 1 aromatic carbocycles. The fraction of sp³-hybridized carbons (Fsp3) is 0.417. The van der Waals surface area contributed by atoms with Crippen LogP contribution >= 0.6 is 0 Å². The Kier molecular flexibility index (Phi) is 3.02. The van der Waals surface area contributed by atoms with Crippen LogP contribution in [0.4, 0.5) is 0 Å². The lowest BCUT2D eigenvalue weighted by Gasteiger charge is -2.05. The third kappa shape index (κ3) is 1.88. The van der Waals surface area contributed by atoms with Gasteiger partial charge in [0, 0.05) is 6.54 Å². The topological polar surface area (TPSA) is 38.0 Å². The van der Waals surface area contributed by atoms with Crippen molar-refractivity contribution >= 4 is 11.0 Å². The summed E-state index contributed by atoms with van der Waals surface area (Å²) in [6.45, 7) is 3.11. The molecule has 0 bridgehead atoms. The maximum atomic E-state index is 9.24. The van der Waals surface area contributed by atoms with Gasteiger partial charge < -0.3 is 9.67 Å². The molecule has 0 aliphatic carbocycles. The minimum atomic E-state index is 0.0123. The Labute approximate surface area is 89.4 Å². The highest BCUT2D eigenvalue weighted by atomic mass is 16.3. The number of para-hydroxylation sites is 2. The monoisotopic (exact) mass is 204 g/mol. The van der Waals surface area contributed by atoms with Crippen LogP contribution in [0.1, 0.15) is 25.6 Å². The largest absolute Gasteiger partial charge is 0.388 e. The molecule has 2 rings (SSSR count). The molecule has 3 nitrogen and oxygen atoms in total. The normalized spacial score (nSPS) is 11.1. The number of fused-ring (bicyclic) bond motifs is 1. The summed E-state index contributed by atoms with van der Waals surface area (Å²) in [4.78, 5) is 4.40. The molecule has 3 heteroatoms. The van der Waals surface area contributed by atoms with Crippen LogP contribution in [-0.2, 0) is 13.2 Å². The average molecular weight is 204 g/mol. The third-order valence-electron chi connectivity index (χ3n) is 2.61. The summed E-state index contributed by atoms with van der Waals surface area (Å²) in [5.74, 6) is 0.768. The Morgan fingerprint density at radius 1 is 1.33 bits per heavy atom. The lowest BCUT2D eigenvalue weighted by Crippen LogP contribution is -2.03. The van der Waals surface area contributed by atoms with Gasteiger partial charge in [0.15, 0.2) is 0 Å². The first-order valence-corrected chi connectivity index (χ1v) is 5.41. The molecule has 0 aliphatic rings. The maximum Gasteiger partial charge on any atom is 0.135 e. The van der Waals surface area contributed by atoms with Crippen LogP contribution in [0.25, 0.3) is 11.0 Å². The van der Waals surface area contributed by atoms with Gasteiger partial charge in [0.1, 0.15) is 12.4 Å². The Hall–Kier alpha value is -1.35. The van der Waals surface area contributed by atoms with Gasteiger partial charge in [0.05, 0.1) is 11.0 Å². The molecule has 0 spiro atoms. The van der Waals surface area contributed by atoms with Crippen LogP contribution in [0.2, 0.25) is 0 Å². The molecule has 0 radical (unpaired) electrons. The Bertz CT molecular complexity index is 448. The molecule has 0 atom stereocenters. The van der Waals surface area contributed by atoms with E-state index in [1.807, 2.05) is 18.2 Å². The standard InChI is InChI=1S/C12H16N2O/c1-2-3-8-14-11-7-5-4-6-10(11)13-12(14)9-15/h4-7,15H,2-3,8-9H2,1H3. The molecule has 15 heavy (non-hydrogen) atoms. The first-order chi connectivity index (χ1) is 7.36. The number of aromatic nitrogens is 2. The fourth-order valence-electron chi connectivity index (χ4n) is 1.81. The van der Waals surface area contributed by atoms with Gasteiger partial charge in [0.25, 0.3) is 0 Å². The highest BCUT2D eigenvalue weighted by Gasteiger charge is 2.07. The zero-order valence-electron chi connectivity index (χ0n) is 8.98. The van der Waals surface area contributed by atoms with Gasteiger partial charge in [-0.05, 0) is 18.6 Å². The van der Waals surface area contributed by atoms with E-state index in [-0.39, 0.29) is 6.61 Å². The van der Waals surface area contributed by atoms with Crippen molar-refractivity contribution in [2.24, 2.45) is 0 Å². The predicted octanol–water partition coefficient (Wildman–Crippen LogP) is 2.33. The van der Waals surface area contributed by atoms with Crippen molar-refractivity contribution in [1.82, 2.24) is 9.55 Å². The Morgan fingerprint density at radius 2 is 2.13 bits per heavy atom. The van der Waals surface area contributed by atoms with E-state index in [2.05, 4.69) is 22.5 Å². The van der Waals surface area contributed by atoms with Crippen molar-refractivity contribution in [1.29, 1.82) is 0 Å². The van der Waals surface area contributed by atoms with Gasteiger partial charge in [-0.1, -0.05) is 25.5 Å². The summed E-state index contributed by atoms with van der Waals surface area (Å²) in [5.41, 5.74) is 2.09. The van der Waals surface area contributed by atoms with Gasteiger partial charge >= 0.3 is 0 Å². The molecule has 2 aromatic rings. The summed E-state index contributed by atoms with van der Waals surface area (Å²) in [6.07, 6.45) is 2.27.